The van der Waals surface area contributed by atoms with Gasteiger partial charge in [-0.3, -0.25) is 14.4 Å². The van der Waals surface area contributed by atoms with Crippen molar-refractivity contribution < 1.29 is 14.4 Å². The zero-order valence-electron chi connectivity index (χ0n) is 12.4. The standard InChI is InChI=1S/C15H20ClN3O3/c1-11(20)17-9-10-18-14(21)3-2-8-19-15(22)12-4-6-13(16)7-5-12/h4-7H,2-3,8-10H2,1H3,(H,17,20)(H,18,21)(H,19,22). The maximum atomic E-state index is 11.8. The van der Waals surface area contributed by atoms with Gasteiger partial charge in [0.1, 0.15) is 0 Å². The lowest BCUT2D eigenvalue weighted by atomic mass is 10.2. The van der Waals surface area contributed by atoms with Gasteiger partial charge in [-0.15, -0.1) is 0 Å². The molecule has 1 rings (SSSR count). The van der Waals surface area contributed by atoms with Gasteiger partial charge >= 0.3 is 0 Å². The summed E-state index contributed by atoms with van der Waals surface area (Å²) < 4.78 is 0. The van der Waals surface area contributed by atoms with Crippen LogP contribution in [0.5, 0.6) is 0 Å². The fourth-order valence-electron chi connectivity index (χ4n) is 1.68. The molecule has 1 aromatic carbocycles. The van der Waals surface area contributed by atoms with Crippen molar-refractivity contribution >= 4 is 29.3 Å². The molecule has 3 amide bonds. The Morgan fingerprint density at radius 1 is 0.955 bits per heavy atom. The predicted octanol–water partition coefficient (Wildman–Crippen LogP) is 1.10. The van der Waals surface area contributed by atoms with Gasteiger partial charge in [0.15, 0.2) is 0 Å². The molecule has 0 aromatic heterocycles. The number of rotatable bonds is 8. The number of hydrogen-bond acceptors (Lipinski definition) is 3. The van der Waals surface area contributed by atoms with E-state index in [1.165, 1.54) is 6.92 Å². The average Bonchev–Trinajstić information content (AvgIpc) is 2.48. The van der Waals surface area contributed by atoms with Gasteiger partial charge in [-0.1, -0.05) is 11.6 Å². The predicted molar refractivity (Wildman–Crippen MR) is 84.7 cm³/mol. The summed E-state index contributed by atoms with van der Waals surface area (Å²) in [5.41, 5.74) is 0.532. The Labute approximate surface area is 134 Å². The highest BCUT2D eigenvalue weighted by Gasteiger charge is 2.05. The Kier molecular flexibility index (Phi) is 7.99. The molecule has 120 valence electrons. The third-order valence-electron chi connectivity index (χ3n) is 2.79. The summed E-state index contributed by atoms with van der Waals surface area (Å²) in [6.07, 6.45) is 0.867. The van der Waals surface area contributed by atoms with E-state index in [-0.39, 0.29) is 17.7 Å². The lowest BCUT2D eigenvalue weighted by molar-refractivity contribution is -0.122. The average molecular weight is 326 g/mol. The van der Waals surface area contributed by atoms with Crippen LogP contribution in [-0.4, -0.2) is 37.4 Å². The Balaban J connectivity index is 2.11. The molecule has 6 nitrogen and oxygen atoms in total. The van der Waals surface area contributed by atoms with Crippen molar-refractivity contribution in [2.24, 2.45) is 0 Å². The number of carbonyl (C=O) groups is 3. The number of amides is 3. The first-order chi connectivity index (χ1) is 10.5. The molecule has 3 N–H and O–H groups in total. The van der Waals surface area contributed by atoms with E-state index < -0.39 is 0 Å². The van der Waals surface area contributed by atoms with Crippen LogP contribution in [0, 0.1) is 0 Å². The van der Waals surface area contributed by atoms with Crippen molar-refractivity contribution in [3.05, 3.63) is 34.9 Å². The van der Waals surface area contributed by atoms with Gasteiger partial charge in [0.2, 0.25) is 11.8 Å². The lowest BCUT2D eigenvalue weighted by Gasteiger charge is -2.07. The lowest BCUT2D eigenvalue weighted by Crippen LogP contribution is -2.34. The third kappa shape index (κ3) is 7.64. The zero-order chi connectivity index (χ0) is 16.4. The monoisotopic (exact) mass is 325 g/mol. The molecule has 0 saturated heterocycles. The number of hydrogen-bond donors (Lipinski definition) is 3. The van der Waals surface area contributed by atoms with Gasteiger partial charge in [0.05, 0.1) is 0 Å². The first kappa shape index (κ1) is 18.0. The van der Waals surface area contributed by atoms with Crippen LogP contribution in [0.4, 0.5) is 0 Å². The number of benzene rings is 1. The number of halogens is 1. The number of nitrogens with one attached hydrogen (secondary N) is 3. The van der Waals surface area contributed by atoms with Crippen molar-refractivity contribution in [1.82, 2.24) is 16.0 Å². The normalized spacial score (nSPS) is 9.91. The molecule has 0 radical (unpaired) electrons. The smallest absolute Gasteiger partial charge is 0.251 e. The van der Waals surface area contributed by atoms with Gasteiger partial charge < -0.3 is 16.0 Å². The third-order valence-corrected chi connectivity index (χ3v) is 3.05. The van der Waals surface area contributed by atoms with Crippen molar-refractivity contribution in [3.8, 4) is 0 Å². The molecular weight excluding hydrogens is 306 g/mol. The highest BCUT2D eigenvalue weighted by Crippen LogP contribution is 2.09. The van der Waals surface area contributed by atoms with Crippen LogP contribution >= 0.6 is 11.6 Å². The summed E-state index contributed by atoms with van der Waals surface area (Å²) in [4.78, 5) is 33.9. The molecular formula is C15H20ClN3O3. The first-order valence-electron chi connectivity index (χ1n) is 7.04. The van der Waals surface area contributed by atoms with E-state index >= 15 is 0 Å². The van der Waals surface area contributed by atoms with Crippen LogP contribution in [0.1, 0.15) is 30.1 Å². The molecule has 0 aliphatic rings. The Morgan fingerprint density at radius 2 is 1.59 bits per heavy atom. The molecule has 0 saturated carbocycles. The summed E-state index contributed by atoms with van der Waals surface area (Å²) in [5, 5.41) is 8.58. The maximum Gasteiger partial charge on any atom is 0.251 e. The van der Waals surface area contributed by atoms with E-state index in [9.17, 15) is 14.4 Å². The largest absolute Gasteiger partial charge is 0.355 e. The van der Waals surface area contributed by atoms with E-state index in [0.29, 0.717) is 43.1 Å². The van der Waals surface area contributed by atoms with Crippen LogP contribution < -0.4 is 16.0 Å². The summed E-state index contributed by atoms with van der Waals surface area (Å²) in [6, 6.07) is 6.59. The Morgan fingerprint density at radius 3 is 2.23 bits per heavy atom. The minimum atomic E-state index is -0.192. The van der Waals surface area contributed by atoms with Gasteiger partial charge in [0.25, 0.3) is 5.91 Å². The molecule has 22 heavy (non-hydrogen) atoms. The highest BCUT2D eigenvalue weighted by molar-refractivity contribution is 6.30. The molecule has 7 heteroatoms. The molecule has 0 aliphatic heterocycles. The van der Waals surface area contributed by atoms with Crippen molar-refractivity contribution in [1.29, 1.82) is 0 Å². The Bertz CT molecular complexity index is 517. The van der Waals surface area contributed by atoms with Gasteiger partial charge in [-0.2, -0.15) is 0 Å². The molecule has 0 heterocycles. The fraction of sp³-hybridized carbons (Fsp3) is 0.400. The van der Waals surface area contributed by atoms with Crippen molar-refractivity contribution in [2.45, 2.75) is 19.8 Å². The molecule has 0 aliphatic carbocycles. The molecule has 0 unspecified atom stereocenters. The minimum absolute atomic E-state index is 0.105. The summed E-state index contributed by atoms with van der Waals surface area (Å²) in [5.74, 6) is -0.423. The molecule has 0 bridgehead atoms. The van der Waals surface area contributed by atoms with E-state index in [2.05, 4.69) is 16.0 Å². The second-order valence-electron chi connectivity index (χ2n) is 4.70. The number of carbonyl (C=O) groups excluding carboxylic acids is 3. The van der Waals surface area contributed by atoms with Gasteiger partial charge in [-0.25, -0.2) is 0 Å². The van der Waals surface area contributed by atoms with Crippen LogP contribution in [0.3, 0.4) is 0 Å². The summed E-state index contributed by atoms with van der Waals surface area (Å²) >= 11 is 5.75. The highest BCUT2D eigenvalue weighted by atomic mass is 35.5. The van der Waals surface area contributed by atoms with E-state index in [1.54, 1.807) is 24.3 Å². The second-order valence-corrected chi connectivity index (χ2v) is 5.14. The van der Waals surface area contributed by atoms with Gasteiger partial charge in [-0.05, 0) is 30.7 Å². The topological polar surface area (TPSA) is 87.3 Å². The molecule has 0 fully saturated rings. The molecule has 1 aromatic rings. The molecule has 0 atom stereocenters. The van der Waals surface area contributed by atoms with Crippen LogP contribution in [0.2, 0.25) is 5.02 Å². The van der Waals surface area contributed by atoms with E-state index in [0.717, 1.165) is 0 Å². The molecule has 0 spiro atoms. The van der Waals surface area contributed by atoms with E-state index in [1.807, 2.05) is 0 Å². The van der Waals surface area contributed by atoms with Crippen LogP contribution in [0.15, 0.2) is 24.3 Å². The van der Waals surface area contributed by atoms with Crippen molar-refractivity contribution in [3.63, 3.8) is 0 Å². The van der Waals surface area contributed by atoms with Gasteiger partial charge in [0, 0.05) is 43.6 Å². The second kappa shape index (κ2) is 9.78. The quantitative estimate of drug-likeness (QED) is 0.625. The maximum absolute atomic E-state index is 11.8. The summed E-state index contributed by atoms with van der Waals surface area (Å²) in [7, 11) is 0. The fourth-order valence-corrected chi connectivity index (χ4v) is 1.81. The SMILES string of the molecule is CC(=O)NCCNC(=O)CCCNC(=O)c1ccc(Cl)cc1. The van der Waals surface area contributed by atoms with E-state index in [4.69, 9.17) is 11.6 Å². The van der Waals surface area contributed by atoms with Crippen LogP contribution in [-0.2, 0) is 9.59 Å². The van der Waals surface area contributed by atoms with Crippen LogP contribution in [0.25, 0.3) is 0 Å². The minimum Gasteiger partial charge on any atom is -0.355 e. The Hall–Kier alpha value is -2.08. The summed E-state index contributed by atoms with van der Waals surface area (Å²) in [6.45, 7) is 2.65. The van der Waals surface area contributed by atoms with Crippen molar-refractivity contribution in [2.75, 3.05) is 19.6 Å². The first-order valence-corrected chi connectivity index (χ1v) is 7.41. The zero-order valence-corrected chi connectivity index (χ0v) is 13.2.